The lowest BCUT2D eigenvalue weighted by atomic mass is 10.2. The molecule has 2 rings (SSSR count). The van der Waals surface area contributed by atoms with Gasteiger partial charge in [0.2, 0.25) is 0 Å². The second kappa shape index (κ2) is 5.27. The van der Waals surface area contributed by atoms with Gasteiger partial charge in [0.05, 0.1) is 7.11 Å². The summed E-state index contributed by atoms with van der Waals surface area (Å²) in [6.07, 6.45) is 0.920. The Kier molecular flexibility index (Phi) is 3.72. The van der Waals surface area contributed by atoms with E-state index in [0.29, 0.717) is 6.54 Å². The molecule has 96 valence electrons. The first kappa shape index (κ1) is 12.7. The number of methoxy groups -OCH3 is 1. The quantitative estimate of drug-likeness (QED) is 0.898. The SMILES string of the molecule is COc1cccc(-n2c(C)cc(CCN)c2C)c1. The van der Waals surface area contributed by atoms with Gasteiger partial charge in [-0.1, -0.05) is 6.07 Å². The lowest BCUT2D eigenvalue weighted by Crippen LogP contribution is -2.04. The lowest BCUT2D eigenvalue weighted by molar-refractivity contribution is 0.414. The zero-order valence-electron chi connectivity index (χ0n) is 11.2. The first-order valence-electron chi connectivity index (χ1n) is 6.19. The number of aryl methyl sites for hydroxylation is 1. The van der Waals surface area contributed by atoms with Gasteiger partial charge in [-0.05, 0) is 50.6 Å². The molecular weight excluding hydrogens is 224 g/mol. The third-order valence-corrected chi connectivity index (χ3v) is 3.26. The van der Waals surface area contributed by atoms with Crippen LogP contribution in [0.3, 0.4) is 0 Å². The standard InChI is InChI=1S/C15H20N2O/c1-11-9-13(7-8-16)12(2)17(11)14-5-4-6-15(10-14)18-3/h4-6,9-10H,7-8,16H2,1-3H3. The molecule has 0 saturated carbocycles. The van der Waals surface area contributed by atoms with Crippen LogP contribution in [0, 0.1) is 13.8 Å². The molecule has 0 atom stereocenters. The Morgan fingerprint density at radius 2 is 2.00 bits per heavy atom. The number of nitrogens with zero attached hydrogens (tertiary/aromatic N) is 1. The Balaban J connectivity index is 2.49. The minimum atomic E-state index is 0.683. The van der Waals surface area contributed by atoms with Gasteiger partial charge in [-0.15, -0.1) is 0 Å². The van der Waals surface area contributed by atoms with E-state index in [0.717, 1.165) is 17.9 Å². The molecule has 0 radical (unpaired) electrons. The summed E-state index contributed by atoms with van der Waals surface area (Å²) >= 11 is 0. The molecule has 0 amide bonds. The number of rotatable bonds is 4. The van der Waals surface area contributed by atoms with Crippen molar-refractivity contribution in [2.24, 2.45) is 5.73 Å². The molecule has 2 aromatic rings. The summed E-state index contributed by atoms with van der Waals surface area (Å²) in [6.45, 7) is 4.94. The molecule has 0 aliphatic carbocycles. The molecule has 0 spiro atoms. The Morgan fingerprint density at radius 1 is 1.22 bits per heavy atom. The summed E-state index contributed by atoms with van der Waals surface area (Å²) in [5.41, 5.74) is 10.6. The highest BCUT2D eigenvalue weighted by Gasteiger charge is 2.10. The van der Waals surface area contributed by atoms with Gasteiger partial charge in [0.25, 0.3) is 0 Å². The van der Waals surface area contributed by atoms with E-state index in [1.54, 1.807) is 7.11 Å². The number of hydrogen-bond donors (Lipinski definition) is 1. The molecule has 18 heavy (non-hydrogen) atoms. The predicted octanol–water partition coefficient (Wildman–Crippen LogP) is 2.60. The van der Waals surface area contributed by atoms with E-state index in [-0.39, 0.29) is 0 Å². The molecular formula is C15H20N2O. The normalized spacial score (nSPS) is 10.7. The maximum absolute atomic E-state index is 5.64. The van der Waals surface area contributed by atoms with Crippen molar-refractivity contribution in [1.82, 2.24) is 4.57 Å². The van der Waals surface area contributed by atoms with Gasteiger partial charge in [-0.2, -0.15) is 0 Å². The van der Waals surface area contributed by atoms with Gasteiger partial charge >= 0.3 is 0 Å². The number of hydrogen-bond acceptors (Lipinski definition) is 2. The predicted molar refractivity (Wildman–Crippen MR) is 74.6 cm³/mol. The Morgan fingerprint density at radius 3 is 2.67 bits per heavy atom. The summed E-state index contributed by atoms with van der Waals surface area (Å²) in [5, 5.41) is 0. The topological polar surface area (TPSA) is 40.2 Å². The van der Waals surface area contributed by atoms with Gasteiger partial charge < -0.3 is 15.0 Å². The van der Waals surface area contributed by atoms with E-state index in [1.807, 2.05) is 18.2 Å². The zero-order valence-corrected chi connectivity index (χ0v) is 11.2. The van der Waals surface area contributed by atoms with E-state index in [9.17, 15) is 0 Å². The molecule has 1 aromatic carbocycles. The average molecular weight is 244 g/mol. The molecule has 0 aliphatic rings. The maximum Gasteiger partial charge on any atom is 0.120 e. The Labute approximate surface area is 108 Å². The number of aromatic nitrogens is 1. The summed E-state index contributed by atoms with van der Waals surface area (Å²) in [7, 11) is 1.69. The summed E-state index contributed by atoms with van der Waals surface area (Å²) < 4.78 is 7.52. The van der Waals surface area contributed by atoms with Gasteiger partial charge in [-0.3, -0.25) is 0 Å². The van der Waals surface area contributed by atoms with Crippen molar-refractivity contribution >= 4 is 0 Å². The molecule has 1 aromatic heterocycles. The molecule has 0 bridgehead atoms. The van der Waals surface area contributed by atoms with Crippen molar-refractivity contribution in [1.29, 1.82) is 0 Å². The van der Waals surface area contributed by atoms with Crippen LogP contribution in [0.2, 0.25) is 0 Å². The second-order valence-corrected chi connectivity index (χ2v) is 4.47. The molecule has 2 N–H and O–H groups in total. The minimum absolute atomic E-state index is 0.683. The van der Waals surface area contributed by atoms with Crippen LogP contribution in [0.5, 0.6) is 5.75 Å². The van der Waals surface area contributed by atoms with Crippen molar-refractivity contribution in [3.63, 3.8) is 0 Å². The molecule has 0 unspecified atom stereocenters. The molecule has 1 heterocycles. The summed E-state index contributed by atoms with van der Waals surface area (Å²) in [4.78, 5) is 0. The van der Waals surface area contributed by atoms with Crippen LogP contribution in [-0.4, -0.2) is 18.2 Å². The van der Waals surface area contributed by atoms with Crippen LogP contribution in [0.25, 0.3) is 5.69 Å². The van der Waals surface area contributed by atoms with E-state index >= 15 is 0 Å². The molecule has 0 fully saturated rings. The van der Waals surface area contributed by atoms with Crippen molar-refractivity contribution in [2.75, 3.05) is 13.7 Å². The monoisotopic (exact) mass is 244 g/mol. The highest BCUT2D eigenvalue weighted by atomic mass is 16.5. The van der Waals surface area contributed by atoms with E-state index in [2.05, 4.69) is 30.5 Å². The Hall–Kier alpha value is -1.74. The first-order valence-corrected chi connectivity index (χ1v) is 6.19. The number of benzene rings is 1. The van der Waals surface area contributed by atoms with Crippen LogP contribution in [0.4, 0.5) is 0 Å². The fourth-order valence-electron chi connectivity index (χ4n) is 2.38. The Bertz CT molecular complexity index is 543. The minimum Gasteiger partial charge on any atom is -0.497 e. The lowest BCUT2D eigenvalue weighted by Gasteiger charge is -2.11. The molecule has 3 nitrogen and oxygen atoms in total. The van der Waals surface area contributed by atoms with Crippen LogP contribution >= 0.6 is 0 Å². The van der Waals surface area contributed by atoms with Crippen molar-refractivity contribution < 1.29 is 4.74 Å². The average Bonchev–Trinajstić information content (AvgIpc) is 2.65. The van der Waals surface area contributed by atoms with Gasteiger partial charge in [0.15, 0.2) is 0 Å². The number of nitrogens with two attached hydrogens (primary N) is 1. The highest BCUT2D eigenvalue weighted by Crippen LogP contribution is 2.23. The largest absolute Gasteiger partial charge is 0.497 e. The summed E-state index contributed by atoms with van der Waals surface area (Å²) in [5.74, 6) is 0.875. The van der Waals surface area contributed by atoms with Crippen LogP contribution in [0.1, 0.15) is 17.0 Å². The van der Waals surface area contributed by atoms with E-state index in [1.165, 1.54) is 17.0 Å². The van der Waals surface area contributed by atoms with Gasteiger partial charge in [0, 0.05) is 23.1 Å². The van der Waals surface area contributed by atoms with Gasteiger partial charge in [-0.25, -0.2) is 0 Å². The third kappa shape index (κ3) is 2.27. The van der Waals surface area contributed by atoms with Crippen molar-refractivity contribution in [3.05, 3.63) is 47.3 Å². The first-order chi connectivity index (χ1) is 8.67. The fraction of sp³-hybridized carbons (Fsp3) is 0.333. The van der Waals surface area contributed by atoms with Crippen LogP contribution in [-0.2, 0) is 6.42 Å². The van der Waals surface area contributed by atoms with E-state index < -0.39 is 0 Å². The highest BCUT2D eigenvalue weighted by molar-refractivity contribution is 5.45. The molecule has 0 aliphatic heterocycles. The smallest absolute Gasteiger partial charge is 0.120 e. The second-order valence-electron chi connectivity index (χ2n) is 4.47. The van der Waals surface area contributed by atoms with Crippen LogP contribution in [0.15, 0.2) is 30.3 Å². The molecule has 3 heteroatoms. The van der Waals surface area contributed by atoms with E-state index in [4.69, 9.17) is 10.5 Å². The summed E-state index contributed by atoms with van der Waals surface area (Å²) in [6, 6.07) is 10.3. The molecule has 0 saturated heterocycles. The van der Waals surface area contributed by atoms with Crippen molar-refractivity contribution in [3.8, 4) is 11.4 Å². The number of ether oxygens (including phenoxy) is 1. The zero-order chi connectivity index (χ0) is 13.1. The fourth-order valence-corrected chi connectivity index (χ4v) is 2.38. The van der Waals surface area contributed by atoms with Crippen molar-refractivity contribution in [2.45, 2.75) is 20.3 Å². The van der Waals surface area contributed by atoms with Gasteiger partial charge in [0.1, 0.15) is 5.75 Å². The maximum atomic E-state index is 5.64. The van der Waals surface area contributed by atoms with Crippen LogP contribution < -0.4 is 10.5 Å². The third-order valence-electron chi connectivity index (χ3n) is 3.26.